The van der Waals surface area contributed by atoms with Crippen LogP contribution in [0.1, 0.15) is 30.1 Å². The van der Waals surface area contributed by atoms with Crippen LogP contribution >= 0.6 is 23.2 Å². The molecule has 1 amide bonds. The van der Waals surface area contributed by atoms with Crippen molar-refractivity contribution in [1.29, 1.82) is 0 Å². The Hall–Kier alpha value is -2.83. The Kier molecular flexibility index (Phi) is 5.79. The summed E-state index contributed by atoms with van der Waals surface area (Å²) in [6.45, 7) is 2.02. The molecule has 5 nitrogen and oxygen atoms in total. The summed E-state index contributed by atoms with van der Waals surface area (Å²) in [5, 5.41) is 3.57. The lowest BCUT2D eigenvalue weighted by atomic mass is 10.1. The summed E-state index contributed by atoms with van der Waals surface area (Å²) in [5.74, 6) is 0.621. The maximum Gasteiger partial charge on any atom is 0.243 e. The van der Waals surface area contributed by atoms with Crippen molar-refractivity contribution in [2.45, 2.75) is 25.9 Å². The second-order valence-corrected chi connectivity index (χ2v) is 7.71. The van der Waals surface area contributed by atoms with Crippen molar-refractivity contribution in [1.82, 2.24) is 14.9 Å². The van der Waals surface area contributed by atoms with Crippen molar-refractivity contribution in [3.63, 3.8) is 0 Å². The number of fused-ring (bicyclic) bond motifs is 1. The van der Waals surface area contributed by atoms with Crippen LogP contribution in [-0.4, -0.2) is 15.5 Å². The third kappa shape index (κ3) is 4.06. The van der Waals surface area contributed by atoms with Crippen LogP contribution in [0.25, 0.3) is 11.0 Å². The quantitative estimate of drug-likeness (QED) is 0.423. The van der Waals surface area contributed by atoms with Gasteiger partial charge in [-0.15, -0.1) is 0 Å². The van der Waals surface area contributed by atoms with E-state index >= 15 is 0 Å². The third-order valence-electron chi connectivity index (χ3n) is 4.89. The van der Waals surface area contributed by atoms with Gasteiger partial charge in [-0.1, -0.05) is 41.4 Å². The molecule has 0 saturated heterocycles. The van der Waals surface area contributed by atoms with Crippen molar-refractivity contribution >= 4 is 40.1 Å². The molecule has 8 heteroatoms. The number of furan rings is 1. The predicted molar refractivity (Wildman–Crippen MR) is 114 cm³/mol. The number of amides is 1. The number of nitrogens with zero attached hydrogens (tertiary/aromatic N) is 2. The molecule has 154 valence electrons. The molecule has 0 aliphatic carbocycles. The normalized spacial score (nSPS) is 12.3. The highest BCUT2D eigenvalue weighted by Crippen LogP contribution is 2.31. The van der Waals surface area contributed by atoms with Crippen molar-refractivity contribution in [3.8, 4) is 0 Å². The molecule has 2 aromatic carbocycles. The maximum atomic E-state index is 14.3. The largest absolute Gasteiger partial charge is 0.467 e. The average Bonchev–Trinajstić information content (AvgIpc) is 3.35. The zero-order chi connectivity index (χ0) is 21.3. The first-order valence-electron chi connectivity index (χ1n) is 9.33. The number of aromatic nitrogens is 2. The first kappa shape index (κ1) is 20.4. The van der Waals surface area contributed by atoms with Crippen LogP contribution in [0.3, 0.4) is 0 Å². The number of rotatable bonds is 6. The first-order valence-corrected chi connectivity index (χ1v) is 10.1. The smallest absolute Gasteiger partial charge is 0.243 e. The van der Waals surface area contributed by atoms with E-state index in [2.05, 4.69) is 10.3 Å². The van der Waals surface area contributed by atoms with E-state index in [0.29, 0.717) is 38.2 Å². The monoisotopic (exact) mass is 445 g/mol. The van der Waals surface area contributed by atoms with Crippen molar-refractivity contribution < 1.29 is 13.6 Å². The topological polar surface area (TPSA) is 60.1 Å². The zero-order valence-corrected chi connectivity index (χ0v) is 17.5. The average molecular weight is 446 g/mol. The molecule has 4 rings (SSSR count). The molecule has 1 atom stereocenters. The summed E-state index contributed by atoms with van der Waals surface area (Å²) in [6, 6.07) is 12.7. The van der Waals surface area contributed by atoms with Crippen molar-refractivity contribution in [2.24, 2.45) is 0 Å². The van der Waals surface area contributed by atoms with Crippen LogP contribution in [0.15, 0.2) is 59.2 Å². The number of imidazole rings is 1. The third-order valence-corrected chi connectivity index (χ3v) is 5.62. The fraction of sp³-hybridized carbons (Fsp3) is 0.182. The minimum Gasteiger partial charge on any atom is -0.467 e. The highest BCUT2D eigenvalue weighted by atomic mass is 35.5. The molecular weight excluding hydrogens is 428 g/mol. The molecule has 2 aromatic heterocycles. The summed E-state index contributed by atoms with van der Waals surface area (Å²) in [6.07, 6.45) is 1.76. The Morgan fingerprint density at radius 1 is 1.20 bits per heavy atom. The number of carbonyl (C=O) groups is 1. The molecule has 0 bridgehead atoms. The van der Waals surface area contributed by atoms with Crippen LogP contribution in [-0.2, 0) is 17.8 Å². The minimum atomic E-state index is -0.621. The van der Waals surface area contributed by atoms with Gasteiger partial charge in [0.1, 0.15) is 23.4 Å². The summed E-state index contributed by atoms with van der Waals surface area (Å²) in [5.41, 5.74) is 1.72. The molecule has 0 saturated carbocycles. The Balaban J connectivity index is 1.72. The van der Waals surface area contributed by atoms with Gasteiger partial charge in [0.2, 0.25) is 5.91 Å². The van der Waals surface area contributed by atoms with Crippen molar-refractivity contribution in [3.05, 3.63) is 87.8 Å². The first-order chi connectivity index (χ1) is 14.4. The number of benzene rings is 2. The van der Waals surface area contributed by atoms with Crippen molar-refractivity contribution in [2.75, 3.05) is 0 Å². The van der Waals surface area contributed by atoms with Gasteiger partial charge in [-0.3, -0.25) is 4.79 Å². The summed E-state index contributed by atoms with van der Waals surface area (Å²) in [7, 11) is 0. The Morgan fingerprint density at radius 2 is 1.97 bits per heavy atom. The van der Waals surface area contributed by atoms with E-state index in [0.717, 1.165) is 0 Å². The zero-order valence-electron chi connectivity index (χ0n) is 16.0. The standard InChI is InChI=1S/C22H18Cl2FN3O2/c1-13(22(29)26-12-15-6-4-8-30-15)28-20-11-17(24)16(23)10-19(20)27-21(28)9-14-5-2-3-7-18(14)25/h2-8,10-11,13H,9,12H2,1H3,(H,26,29)/t13-/m1/s1. The maximum absolute atomic E-state index is 14.3. The number of carbonyl (C=O) groups excluding carboxylic acids is 1. The van der Waals surface area contributed by atoms with Gasteiger partial charge in [-0.25, -0.2) is 9.37 Å². The molecular formula is C22H18Cl2FN3O2. The van der Waals surface area contributed by atoms with Crippen LogP contribution in [0.4, 0.5) is 4.39 Å². The van der Waals surface area contributed by atoms with E-state index < -0.39 is 6.04 Å². The van der Waals surface area contributed by atoms with E-state index in [-0.39, 0.29) is 24.7 Å². The molecule has 0 unspecified atom stereocenters. The van der Waals surface area contributed by atoms with E-state index in [1.165, 1.54) is 6.07 Å². The molecule has 0 radical (unpaired) electrons. The van der Waals surface area contributed by atoms with Crippen LogP contribution in [0, 0.1) is 5.82 Å². The van der Waals surface area contributed by atoms with Gasteiger partial charge >= 0.3 is 0 Å². The van der Waals surface area contributed by atoms with Gasteiger partial charge < -0.3 is 14.3 Å². The molecule has 0 aliphatic rings. The lowest BCUT2D eigenvalue weighted by molar-refractivity contribution is -0.124. The molecule has 4 aromatic rings. The number of hydrogen-bond donors (Lipinski definition) is 1. The Bertz CT molecular complexity index is 1200. The van der Waals surface area contributed by atoms with Gasteiger partial charge in [0.15, 0.2) is 0 Å². The second kappa shape index (κ2) is 8.50. The van der Waals surface area contributed by atoms with Gasteiger partial charge in [0.05, 0.1) is 33.9 Å². The van der Waals surface area contributed by atoms with Crippen LogP contribution in [0.5, 0.6) is 0 Å². The van der Waals surface area contributed by atoms with Gasteiger partial charge in [-0.2, -0.15) is 0 Å². The van der Waals surface area contributed by atoms with E-state index in [1.807, 2.05) is 0 Å². The van der Waals surface area contributed by atoms with E-state index in [1.54, 1.807) is 60.2 Å². The number of halogens is 3. The minimum absolute atomic E-state index is 0.215. The SMILES string of the molecule is C[C@H](C(=O)NCc1ccco1)n1c(Cc2ccccc2F)nc2cc(Cl)c(Cl)cc21. The highest BCUT2D eigenvalue weighted by molar-refractivity contribution is 6.42. The molecule has 0 fully saturated rings. The Morgan fingerprint density at radius 3 is 2.70 bits per heavy atom. The lowest BCUT2D eigenvalue weighted by Gasteiger charge is -2.17. The summed E-state index contributed by atoms with van der Waals surface area (Å²) >= 11 is 12.4. The Labute approximate surface area is 182 Å². The van der Waals surface area contributed by atoms with Gasteiger partial charge in [0.25, 0.3) is 0 Å². The van der Waals surface area contributed by atoms with Gasteiger partial charge in [-0.05, 0) is 42.8 Å². The summed E-state index contributed by atoms with van der Waals surface area (Å²) < 4.78 is 21.3. The summed E-state index contributed by atoms with van der Waals surface area (Å²) in [4.78, 5) is 17.5. The molecule has 2 heterocycles. The number of nitrogens with one attached hydrogen (secondary N) is 1. The second-order valence-electron chi connectivity index (χ2n) is 6.89. The van der Waals surface area contributed by atoms with Gasteiger partial charge in [0, 0.05) is 6.42 Å². The van der Waals surface area contributed by atoms with Crippen LogP contribution < -0.4 is 5.32 Å². The van der Waals surface area contributed by atoms with E-state index in [4.69, 9.17) is 27.6 Å². The molecule has 30 heavy (non-hydrogen) atoms. The lowest BCUT2D eigenvalue weighted by Crippen LogP contribution is -2.31. The fourth-order valence-electron chi connectivity index (χ4n) is 3.36. The molecule has 0 spiro atoms. The van der Waals surface area contributed by atoms with E-state index in [9.17, 15) is 9.18 Å². The molecule has 0 aliphatic heterocycles. The highest BCUT2D eigenvalue weighted by Gasteiger charge is 2.23. The number of hydrogen-bond acceptors (Lipinski definition) is 3. The predicted octanol–water partition coefficient (Wildman–Crippen LogP) is 5.54. The van der Waals surface area contributed by atoms with Crippen LogP contribution in [0.2, 0.25) is 10.0 Å². The fourth-order valence-corrected chi connectivity index (χ4v) is 3.68. The molecule has 1 N–H and O–H groups in total.